The van der Waals surface area contributed by atoms with E-state index in [9.17, 15) is 27.6 Å². The molecule has 0 aromatic heterocycles. The molecule has 0 saturated heterocycles. The van der Waals surface area contributed by atoms with Gasteiger partial charge >= 0.3 is 18.1 Å². The van der Waals surface area contributed by atoms with Gasteiger partial charge in [0.1, 0.15) is 0 Å². The second-order valence-corrected chi connectivity index (χ2v) is 6.00. The molecule has 152 valence electrons. The minimum Gasteiger partial charge on any atom is -0.478 e. The van der Waals surface area contributed by atoms with Crippen molar-refractivity contribution in [3.63, 3.8) is 0 Å². The highest BCUT2D eigenvalue weighted by atomic mass is 19.4. The van der Waals surface area contributed by atoms with Crippen molar-refractivity contribution in [3.05, 3.63) is 29.8 Å². The van der Waals surface area contributed by atoms with Crippen molar-refractivity contribution in [1.29, 1.82) is 0 Å². The maximum atomic E-state index is 13.1. The van der Waals surface area contributed by atoms with Crippen LogP contribution in [0.3, 0.4) is 0 Å². The summed E-state index contributed by atoms with van der Waals surface area (Å²) in [6.45, 7) is -0.649. The van der Waals surface area contributed by atoms with Crippen molar-refractivity contribution in [2.45, 2.75) is 18.4 Å². The van der Waals surface area contributed by atoms with Crippen LogP contribution in [0.25, 0.3) is 0 Å². The standard InChI is InChI=1S/C16H13F3N6O4/c17-16(18,19)14(29)25(9-3-1-7(2-4-9)13(27)28)6-8-5-21-11-10(22-8)12(26)24-15(20)23-11/h1-5,10-11H,6H2,(H,27,28)(H3,20,23,24,26). The number of carboxylic acid groups (broad SMARTS) is 1. The van der Waals surface area contributed by atoms with Crippen LogP contribution in [0.2, 0.25) is 0 Å². The van der Waals surface area contributed by atoms with Crippen LogP contribution in [0.5, 0.6) is 0 Å². The Bertz CT molecular complexity index is 954. The number of nitrogens with two attached hydrogens (primary N) is 1. The molecule has 0 radical (unpaired) electrons. The number of anilines is 1. The number of halogens is 3. The van der Waals surface area contributed by atoms with Gasteiger partial charge in [0.05, 0.1) is 17.8 Å². The molecule has 2 amide bonds. The molecule has 0 aliphatic carbocycles. The van der Waals surface area contributed by atoms with Crippen LogP contribution < -0.4 is 16.0 Å². The summed E-state index contributed by atoms with van der Waals surface area (Å²) < 4.78 is 39.2. The number of carbonyl (C=O) groups is 3. The number of fused-ring (bicyclic) bond motifs is 1. The summed E-state index contributed by atoms with van der Waals surface area (Å²) >= 11 is 0. The third-order valence-corrected chi connectivity index (χ3v) is 3.99. The summed E-state index contributed by atoms with van der Waals surface area (Å²) in [6.07, 6.45) is -5.02. The van der Waals surface area contributed by atoms with Crippen LogP contribution in [-0.4, -0.2) is 65.7 Å². The van der Waals surface area contributed by atoms with E-state index in [2.05, 4.69) is 20.3 Å². The summed E-state index contributed by atoms with van der Waals surface area (Å²) in [5.41, 5.74) is 4.98. The molecule has 0 bridgehead atoms. The first-order valence-electron chi connectivity index (χ1n) is 8.02. The van der Waals surface area contributed by atoms with Crippen LogP contribution >= 0.6 is 0 Å². The molecular formula is C16H13F3N6O4. The molecule has 29 heavy (non-hydrogen) atoms. The number of aliphatic imine (C=N–C) groups is 3. The molecule has 4 N–H and O–H groups in total. The number of guanidine groups is 1. The largest absolute Gasteiger partial charge is 0.478 e. The zero-order chi connectivity index (χ0) is 21.3. The third kappa shape index (κ3) is 4.23. The number of benzene rings is 1. The van der Waals surface area contributed by atoms with E-state index in [1.54, 1.807) is 0 Å². The number of carbonyl (C=O) groups excluding carboxylic acids is 2. The molecule has 3 rings (SSSR count). The first-order valence-corrected chi connectivity index (χ1v) is 8.02. The first-order chi connectivity index (χ1) is 13.6. The quantitative estimate of drug-likeness (QED) is 0.636. The predicted molar refractivity (Wildman–Crippen MR) is 95.1 cm³/mol. The molecule has 2 unspecified atom stereocenters. The Morgan fingerprint density at radius 3 is 2.45 bits per heavy atom. The molecule has 2 atom stereocenters. The van der Waals surface area contributed by atoms with Gasteiger partial charge < -0.3 is 10.8 Å². The minimum absolute atomic E-state index is 0.0722. The summed E-state index contributed by atoms with van der Waals surface area (Å²) in [5, 5.41) is 11.2. The van der Waals surface area contributed by atoms with E-state index in [-0.39, 0.29) is 22.9 Å². The molecule has 2 heterocycles. The van der Waals surface area contributed by atoms with Gasteiger partial charge in [0.2, 0.25) is 0 Å². The fourth-order valence-corrected chi connectivity index (χ4v) is 2.66. The number of alkyl halides is 3. The average molecular weight is 410 g/mol. The number of rotatable bonds is 4. The van der Waals surface area contributed by atoms with Crippen molar-refractivity contribution in [3.8, 4) is 0 Å². The SMILES string of the molecule is NC1=NC2N=CC(CN(C(=O)C(F)(F)F)c3ccc(C(=O)O)cc3)=NC2C(=O)N1. The van der Waals surface area contributed by atoms with Gasteiger partial charge in [-0.3, -0.25) is 29.8 Å². The van der Waals surface area contributed by atoms with Crippen molar-refractivity contribution in [1.82, 2.24) is 5.32 Å². The van der Waals surface area contributed by atoms with E-state index in [0.29, 0.717) is 4.90 Å². The molecule has 0 saturated carbocycles. The van der Waals surface area contributed by atoms with E-state index in [1.807, 2.05) is 0 Å². The Labute approximate surface area is 160 Å². The summed E-state index contributed by atoms with van der Waals surface area (Å²) in [4.78, 5) is 47.0. The van der Waals surface area contributed by atoms with Gasteiger partial charge in [0, 0.05) is 11.9 Å². The Kier molecular flexibility index (Phi) is 5.05. The van der Waals surface area contributed by atoms with Gasteiger partial charge in [-0.15, -0.1) is 0 Å². The molecule has 10 nitrogen and oxygen atoms in total. The normalized spacial score (nSPS) is 20.9. The van der Waals surface area contributed by atoms with Gasteiger partial charge in [0.25, 0.3) is 5.91 Å². The van der Waals surface area contributed by atoms with Gasteiger partial charge in [0.15, 0.2) is 18.2 Å². The zero-order valence-electron chi connectivity index (χ0n) is 14.4. The van der Waals surface area contributed by atoms with E-state index >= 15 is 0 Å². The lowest BCUT2D eigenvalue weighted by Gasteiger charge is -2.28. The zero-order valence-corrected chi connectivity index (χ0v) is 14.4. The number of hydrogen-bond acceptors (Lipinski definition) is 7. The number of carboxylic acids is 1. The van der Waals surface area contributed by atoms with Gasteiger partial charge in [-0.05, 0) is 24.3 Å². The number of aromatic carboxylic acids is 1. The van der Waals surface area contributed by atoms with Crippen LogP contribution in [0.4, 0.5) is 18.9 Å². The smallest absolute Gasteiger partial charge is 0.471 e. The molecule has 1 aromatic rings. The second-order valence-electron chi connectivity index (χ2n) is 6.00. The summed E-state index contributed by atoms with van der Waals surface area (Å²) in [7, 11) is 0. The summed E-state index contributed by atoms with van der Waals surface area (Å²) in [5.74, 6) is -4.24. The third-order valence-electron chi connectivity index (χ3n) is 3.99. The van der Waals surface area contributed by atoms with E-state index in [1.165, 1.54) is 0 Å². The van der Waals surface area contributed by atoms with Gasteiger partial charge in [-0.25, -0.2) is 9.79 Å². The maximum absolute atomic E-state index is 13.1. The lowest BCUT2D eigenvalue weighted by atomic mass is 10.1. The fourth-order valence-electron chi connectivity index (χ4n) is 2.66. The molecule has 2 aliphatic rings. The highest BCUT2D eigenvalue weighted by molar-refractivity contribution is 6.34. The number of nitrogens with zero attached hydrogens (tertiary/aromatic N) is 4. The van der Waals surface area contributed by atoms with Gasteiger partial charge in [-0.2, -0.15) is 13.2 Å². The number of hydrogen-bond donors (Lipinski definition) is 3. The first kappa shape index (κ1) is 20.0. The maximum Gasteiger partial charge on any atom is 0.471 e. The molecule has 0 fully saturated rings. The Morgan fingerprint density at radius 1 is 1.21 bits per heavy atom. The second kappa shape index (κ2) is 7.33. The van der Waals surface area contributed by atoms with Crippen molar-refractivity contribution in [2.75, 3.05) is 11.4 Å². The highest BCUT2D eigenvalue weighted by Crippen LogP contribution is 2.25. The molecule has 2 aliphatic heterocycles. The lowest BCUT2D eigenvalue weighted by Crippen LogP contribution is -2.53. The lowest BCUT2D eigenvalue weighted by molar-refractivity contribution is -0.170. The molecule has 0 spiro atoms. The Balaban J connectivity index is 1.91. The minimum atomic E-state index is -5.19. The van der Waals surface area contributed by atoms with Crippen molar-refractivity contribution in [2.24, 2.45) is 20.7 Å². The number of amides is 2. The topological polar surface area (TPSA) is 150 Å². The van der Waals surface area contributed by atoms with Crippen molar-refractivity contribution >= 4 is 41.4 Å². The van der Waals surface area contributed by atoms with E-state index < -0.39 is 42.7 Å². The fraction of sp³-hybridized carbons (Fsp3) is 0.250. The van der Waals surface area contributed by atoms with Crippen molar-refractivity contribution < 1.29 is 32.7 Å². The molecule has 13 heteroatoms. The average Bonchev–Trinajstić information content (AvgIpc) is 2.65. The monoisotopic (exact) mass is 410 g/mol. The molecular weight excluding hydrogens is 397 g/mol. The van der Waals surface area contributed by atoms with Gasteiger partial charge in [-0.1, -0.05) is 0 Å². The Morgan fingerprint density at radius 2 is 1.86 bits per heavy atom. The predicted octanol–water partition coefficient (Wildman–Crippen LogP) is -0.0553. The highest BCUT2D eigenvalue weighted by Gasteiger charge is 2.44. The number of nitrogens with one attached hydrogen (secondary N) is 1. The Hall–Kier alpha value is -3.77. The van der Waals surface area contributed by atoms with Crippen LogP contribution in [-0.2, 0) is 9.59 Å². The molecule has 1 aromatic carbocycles. The van der Waals surface area contributed by atoms with E-state index in [0.717, 1.165) is 30.5 Å². The van der Waals surface area contributed by atoms with Crippen LogP contribution in [0.1, 0.15) is 10.4 Å². The van der Waals surface area contributed by atoms with Crippen LogP contribution in [0.15, 0.2) is 39.2 Å². The van der Waals surface area contributed by atoms with Crippen LogP contribution in [0, 0.1) is 0 Å². The van der Waals surface area contributed by atoms with E-state index in [4.69, 9.17) is 10.8 Å². The summed E-state index contributed by atoms with van der Waals surface area (Å²) in [6, 6.07) is 3.13.